The molecule has 1 rings (SSSR count). The summed E-state index contributed by atoms with van der Waals surface area (Å²) in [6, 6.07) is 0. The van der Waals surface area contributed by atoms with Crippen molar-refractivity contribution in [2.45, 2.75) is 6.92 Å². The van der Waals surface area contributed by atoms with E-state index in [0.29, 0.717) is 0 Å². The number of halogens is 1. The van der Waals surface area contributed by atoms with E-state index < -0.39 is 0 Å². The molecule has 0 saturated heterocycles. The predicted octanol–water partition coefficient (Wildman–Crippen LogP) is 1.61. The van der Waals surface area contributed by atoms with E-state index in [1.54, 1.807) is 0 Å². The third kappa shape index (κ3) is 0.978. The zero-order valence-electron chi connectivity index (χ0n) is 3.68. The second-order valence-electron chi connectivity index (χ2n) is 1.14. The van der Waals surface area contributed by atoms with Gasteiger partial charge in [-0.25, -0.2) is 0 Å². The van der Waals surface area contributed by atoms with Crippen molar-refractivity contribution >= 4 is 27.7 Å². The zero-order chi connectivity index (χ0) is 5.28. The van der Waals surface area contributed by atoms with Crippen LogP contribution in [0.1, 0.15) is 5.69 Å². The first-order valence-corrected chi connectivity index (χ1v) is 3.27. The SMILES string of the molecule is Cc1nsnc1Br. The van der Waals surface area contributed by atoms with Gasteiger partial charge < -0.3 is 0 Å². The van der Waals surface area contributed by atoms with Gasteiger partial charge in [0.25, 0.3) is 0 Å². The molecule has 7 heavy (non-hydrogen) atoms. The minimum atomic E-state index is 0.859. The Labute approximate surface area is 54.0 Å². The normalized spacial score (nSPS) is 9.43. The molecular weight excluding hydrogens is 176 g/mol. The highest BCUT2D eigenvalue weighted by atomic mass is 79.9. The zero-order valence-corrected chi connectivity index (χ0v) is 6.08. The van der Waals surface area contributed by atoms with Crippen LogP contribution in [0, 0.1) is 6.92 Å². The molecule has 0 spiro atoms. The Hall–Kier alpha value is 0.0400. The smallest absolute Gasteiger partial charge is 0.142 e. The van der Waals surface area contributed by atoms with Crippen LogP contribution in [0.2, 0.25) is 0 Å². The van der Waals surface area contributed by atoms with E-state index in [1.165, 1.54) is 11.7 Å². The Bertz CT molecular complexity index is 145. The van der Waals surface area contributed by atoms with Crippen LogP contribution in [0.4, 0.5) is 0 Å². The Kier molecular flexibility index (Phi) is 1.39. The molecule has 0 aliphatic rings. The second kappa shape index (κ2) is 1.88. The molecule has 0 aliphatic heterocycles. The lowest BCUT2D eigenvalue weighted by molar-refractivity contribution is 1.29. The van der Waals surface area contributed by atoms with E-state index in [9.17, 15) is 0 Å². The van der Waals surface area contributed by atoms with Crippen LogP contribution >= 0.6 is 27.7 Å². The summed E-state index contributed by atoms with van der Waals surface area (Å²) in [5.41, 5.74) is 0.963. The van der Waals surface area contributed by atoms with Gasteiger partial charge in [0.1, 0.15) is 4.60 Å². The highest BCUT2D eigenvalue weighted by Crippen LogP contribution is 2.10. The van der Waals surface area contributed by atoms with E-state index in [0.717, 1.165) is 10.3 Å². The predicted molar refractivity (Wildman–Crippen MR) is 32.3 cm³/mol. The molecule has 1 aromatic rings. The van der Waals surface area contributed by atoms with Crippen molar-refractivity contribution < 1.29 is 0 Å². The maximum Gasteiger partial charge on any atom is 0.142 e. The lowest BCUT2D eigenvalue weighted by Gasteiger charge is -1.72. The van der Waals surface area contributed by atoms with E-state index in [-0.39, 0.29) is 0 Å². The highest BCUT2D eigenvalue weighted by Gasteiger charge is 1.93. The van der Waals surface area contributed by atoms with Gasteiger partial charge in [-0.15, -0.1) is 0 Å². The number of nitrogens with zero attached hydrogens (tertiary/aromatic N) is 2. The molecule has 0 saturated carbocycles. The molecular formula is C3H3BrN2S. The average Bonchev–Trinajstić information content (AvgIpc) is 1.91. The summed E-state index contributed by atoms with van der Waals surface area (Å²) in [5.74, 6) is 0. The molecule has 2 nitrogen and oxygen atoms in total. The van der Waals surface area contributed by atoms with Crippen molar-refractivity contribution in [3.8, 4) is 0 Å². The van der Waals surface area contributed by atoms with E-state index in [1.807, 2.05) is 6.92 Å². The van der Waals surface area contributed by atoms with Gasteiger partial charge in [-0.1, -0.05) is 0 Å². The molecule has 1 heterocycles. The number of rotatable bonds is 0. The first-order valence-electron chi connectivity index (χ1n) is 1.75. The van der Waals surface area contributed by atoms with Crippen molar-refractivity contribution in [3.05, 3.63) is 10.3 Å². The summed E-state index contributed by atoms with van der Waals surface area (Å²) in [4.78, 5) is 0. The molecule has 0 bridgehead atoms. The standard InChI is InChI=1S/C3H3BrN2S/c1-2-3(4)6-7-5-2/h1H3. The van der Waals surface area contributed by atoms with E-state index in [2.05, 4.69) is 24.7 Å². The Morgan fingerprint density at radius 2 is 2.29 bits per heavy atom. The summed E-state index contributed by atoms with van der Waals surface area (Å²) in [7, 11) is 0. The molecule has 0 amide bonds. The molecule has 38 valence electrons. The second-order valence-corrected chi connectivity index (χ2v) is 2.42. The van der Waals surface area contributed by atoms with Gasteiger partial charge in [-0.2, -0.15) is 8.75 Å². The van der Waals surface area contributed by atoms with Gasteiger partial charge >= 0.3 is 0 Å². The summed E-state index contributed by atoms with van der Waals surface area (Å²) in [5, 5.41) is 0. The van der Waals surface area contributed by atoms with Gasteiger partial charge in [0, 0.05) is 0 Å². The first kappa shape index (κ1) is 5.18. The van der Waals surface area contributed by atoms with Crippen LogP contribution in [0.15, 0.2) is 4.60 Å². The van der Waals surface area contributed by atoms with Crippen molar-refractivity contribution in [3.63, 3.8) is 0 Å². The lowest BCUT2D eigenvalue weighted by Crippen LogP contribution is -1.65. The Balaban J connectivity index is 3.12. The molecule has 1 aromatic heterocycles. The monoisotopic (exact) mass is 178 g/mol. The number of hydrogen-bond acceptors (Lipinski definition) is 3. The summed E-state index contributed by atoms with van der Waals surface area (Å²) in [6.07, 6.45) is 0. The summed E-state index contributed by atoms with van der Waals surface area (Å²) < 4.78 is 8.62. The number of hydrogen-bond donors (Lipinski definition) is 0. The fourth-order valence-electron chi connectivity index (χ4n) is 0.221. The first-order chi connectivity index (χ1) is 3.30. The van der Waals surface area contributed by atoms with Gasteiger partial charge in [-0.05, 0) is 22.9 Å². The van der Waals surface area contributed by atoms with Crippen LogP contribution in [0.3, 0.4) is 0 Å². The maximum atomic E-state index is 3.90. The topological polar surface area (TPSA) is 25.8 Å². The molecule has 0 unspecified atom stereocenters. The third-order valence-electron chi connectivity index (χ3n) is 0.597. The molecule has 0 atom stereocenters. The van der Waals surface area contributed by atoms with Gasteiger partial charge in [-0.3, -0.25) is 0 Å². The minimum Gasteiger partial charge on any atom is -0.177 e. The number of aryl methyl sites for hydroxylation is 1. The lowest BCUT2D eigenvalue weighted by atomic mass is 10.6. The summed E-state index contributed by atoms with van der Waals surface area (Å²) >= 11 is 4.42. The molecule has 0 fully saturated rings. The molecule has 0 aliphatic carbocycles. The fraction of sp³-hybridized carbons (Fsp3) is 0.333. The molecule has 4 heteroatoms. The van der Waals surface area contributed by atoms with Crippen molar-refractivity contribution in [1.82, 2.24) is 8.75 Å². The largest absolute Gasteiger partial charge is 0.177 e. The third-order valence-corrected chi connectivity index (χ3v) is 2.20. The summed E-state index contributed by atoms with van der Waals surface area (Å²) in [6.45, 7) is 1.91. The van der Waals surface area contributed by atoms with Crippen LogP contribution in [-0.2, 0) is 0 Å². The van der Waals surface area contributed by atoms with Gasteiger partial charge in [0.05, 0.1) is 17.4 Å². The quantitative estimate of drug-likeness (QED) is 0.604. The van der Waals surface area contributed by atoms with E-state index >= 15 is 0 Å². The Morgan fingerprint density at radius 3 is 2.43 bits per heavy atom. The molecule has 0 radical (unpaired) electrons. The molecule has 0 N–H and O–H groups in total. The van der Waals surface area contributed by atoms with Crippen molar-refractivity contribution in [2.24, 2.45) is 0 Å². The van der Waals surface area contributed by atoms with Crippen LogP contribution in [-0.4, -0.2) is 8.75 Å². The van der Waals surface area contributed by atoms with Crippen LogP contribution < -0.4 is 0 Å². The maximum absolute atomic E-state index is 3.90. The van der Waals surface area contributed by atoms with Crippen molar-refractivity contribution in [1.29, 1.82) is 0 Å². The highest BCUT2D eigenvalue weighted by molar-refractivity contribution is 9.10. The van der Waals surface area contributed by atoms with Crippen LogP contribution in [0.25, 0.3) is 0 Å². The van der Waals surface area contributed by atoms with Gasteiger partial charge in [0.2, 0.25) is 0 Å². The molecule has 0 aromatic carbocycles. The minimum absolute atomic E-state index is 0.859. The Morgan fingerprint density at radius 1 is 1.57 bits per heavy atom. The fourth-order valence-corrected chi connectivity index (χ4v) is 1.08. The van der Waals surface area contributed by atoms with Crippen LogP contribution in [0.5, 0.6) is 0 Å². The van der Waals surface area contributed by atoms with Crippen molar-refractivity contribution in [2.75, 3.05) is 0 Å². The van der Waals surface area contributed by atoms with Gasteiger partial charge in [0.15, 0.2) is 0 Å². The average molecular weight is 179 g/mol. The number of aromatic nitrogens is 2. The van der Waals surface area contributed by atoms with E-state index in [4.69, 9.17) is 0 Å².